The molecule has 16 heavy (non-hydrogen) atoms. The SMILES string of the molecule is CCS(=O)(=O)C(Br)C(O)c1ccc(Cl)cc1. The summed E-state index contributed by atoms with van der Waals surface area (Å²) in [6.07, 6.45) is -1.10. The maximum atomic E-state index is 11.5. The van der Waals surface area contributed by atoms with Crippen molar-refractivity contribution >= 4 is 37.4 Å². The zero-order valence-corrected chi connectivity index (χ0v) is 11.8. The fraction of sp³-hybridized carbons (Fsp3) is 0.400. The largest absolute Gasteiger partial charge is 0.386 e. The summed E-state index contributed by atoms with van der Waals surface area (Å²) in [4.78, 5) is 0. The standard InChI is InChI=1S/C10H12BrClO3S/c1-2-16(14,15)10(11)9(13)7-3-5-8(12)6-4-7/h3-6,9-10,13H,2H2,1H3. The van der Waals surface area contributed by atoms with Gasteiger partial charge < -0.3 is 5.11 Å². The normalized spacial score (nSPS) is 15.8. The molecular weight excluding hydrogens is 316 g/mol. The fourth-order valence-electron chi connectivity index (χ4n) is 1.17. The van der Waals surface area contributed by atoms with Crippen molar-refractivity contribution in [2.45, 2.75) is 17.2 Å². The van der Waals surface area contributed by atoms with Gasteiger partial charge in [0.15, 0.2) is 9.84 Å². The molecule has 0 fully saturated rings. The summed E-state index contributed by atoms with van der Waals surface area (Å²) in [6, 6.07) is 6.43. The number of rotatable bonds is 4. The summed E-state index contributed by atoms with van der Waals surface area (Å²) in [5.74, 6) is -0.0203. The highest BCUT2D eigenvalue weighted by molar-refractivity contribution is 9.11. The fourth-order valence-corrected chi connectivity index (χ4v) is 3.26. The number of aliphatic hydroxyl groups excluding tert-OH is 1. The molecule has 1 aromatic carbocycles. The van der Waals surface area contributed by atoms with Crippen LogP contribution < -0.4 is 0 Å². The quantitative estimate of drug-likeness (QED) is 0.865. The van der Waals surface area contributed by atoms with Gasteiger partial charge in [-0.1, -0.05) is 46.6 Å². The molecule has 1 rings (SSSR count). The molecule has 2 atom stereocenters. The lowest BCUT2D eigenvalue weighted by molar-refractivity contribution is 0.195. The summed E-state index contributed by atoms with van der Waals surface area (Å²) in [6.45, 7) is 1.54. The van der Waals surface area contributed by atoms with Gasteiger partial charge in [-0.05, 0) is 17.7 Å². The van der Waals surface area contributed by atoms with Crippen LogP contribution in [0, 0.1) is 0 Å². The summed E-state index contributed by atoms with van der Waals surface area (Å²) < 4.78 is 22.1. The lowest BCUT2D eigenvalue weighted by Gasteiger charge is -2.17. The highest BCUT2D eigenvalue weighted by atomic mass is 79.9. The molecule has 2 unspecified atom stereocenters. The minimum Gasteiger partial charge on any atom is -0.386 e. The van der Waals surface area contributed by atoms with Crippen LogP contribution in [0.2, 0.25) is 5.02 Å². The van der Waals surface area contributed by atoms with E-state index in [2.05, 4.69) is 15.9 Å². The number of hydrogen-bond donors (Lipinski definition) is 1. The molecule has 0 aliphatic rings. The third kappa shape index (κ3) is 3.20. The Morgan fingerprint density at radius 2 is 1.88 bits per heavy atom. The molecule has 1 N–H and O–H groups in total. The Bertz CT molecular complexity index is 444. The smallest absolute Gasteiger partial charge is 0.165 e. The molecule has 90 valence electrons. The van der Waals surface area contributed by atoms with Crippen molar-refractivity contribution in [1.82, 2.24) is 0 Å². The molecule has 6 heteroatoms. The minimum atomic E-state index is -3.32. The molecule has 0 radical (unpaired) electrons. The molecule has 0 spiro atoms. The van der Waals surface area contributed by atoms with Crippen LogP contribution in [0.3, 0.4) is 0 Å². The average molecular weight is 328 g/mol. The van der Waals surface area contributed by atoms with E-state index in [0.717, 1.165) is 0 Å². The number of alkyl halides is 1. The predicted molar refractivity (Wildman–Crippen MR) is 68.6 cm³/mol. The van der Waals surface area contributed by atoms with E-state index in [1.54, 1.807) is 24.3 Å². The highest BCUT2D eigenvalue weighted by Gasteiger charge is 2.29. The molecule has 3 nitrogen and oxygen atoms in total. The molecule has 1 aromatic rings. The second-order valence-electron chi connectivity index (χ2n) is 3.30. The molecule has 0 heterocycles. The summed E-state index contributed by atoms with van der Waals surface area (Å²) in [5, 5.41) is 10.4. The van der Waals surface area contributed by atoms with E-state index in [9.17, 15) is 13.5 Å². The zero-order chi connectivity index (χ0) is 12.3. The van der Waals surface area contributed by atoms with Crippen molar-refractivity contribution in [2.24, 2.45) is 0 Å². The van der Waals surface area contributed by atoms with Crippen molar-refractivity contribution in [1.29, 1.82) is 0 Å². The Hall–Kier alpha value is -0.100. The lowest BCUT2D eigenvalue weighted by atomic mass is 10.1. The predicted octanol–water partition coefficient (Wildman–Crippen LogP) is 2.53. The Morgan fingerprint density at radius 1 is 1.38 bits per heavy atom. The molecule has 0 aliphatic carbocycles. The van der Waals surface area contributed by atoms with Gasteiger partial charge in [0.05, 0.1) is 0 Å². The topological polar surface area (TPSA) is 54.4 Å². The molecule has 0 saturated carbocycles. The molecule has 0 bridgehead atoms. The molecule has 0 amide bonds. The van der Waals surface area contributed by atoms with Crippen molar-refractivity contribution < 1.29 is 13.5 Å². The molecule has 0 aromatic heterocycles. The Labute approximate surface area is 108 Å². The van der Waals surface area contributed by atoms with Crippen molar-refractivity contribution in [2.75, 3.05) is 5.75 Å². The summed E-state index contributed by atoms with van der Waals surface area (Å²) in [5.41, 5.74) is 0.517. The van der Waals surface area contributed by atoms with Gasteiger partial charge in [0.25, 0.3) is 0 Å². The molecular formula is C10H12BrClO3S. The Morgan fingerprint density at radius 3 is 2.31 bits per heavy atom. The van der Waals surface area contributed by atoms with E-state index >= 15 is 0 Å². The van der Waals surface area contributed by atoms with Gasteiger partial charge in [-0.3, -0.25) is 0 Å². The van der Waals surface area contributed by atoms with Crippen LogP contribution in [0.5, 0.6) is 0 Å². The van der Waals surface area contributed by atoms with Crippen LogP contribution in [-0.4, -0.2) is 23.4 Å². The first-order chi connectivity index (χ1) is 7.38. The Kier molecular flexibility index (Phi) is 4.79. The van der Waals surface area contributed by atoms with E-state index in [0.29, 0.717) is 10.6 Å². The average Bonchev–Trinajstić information content (AvgIpc) is 2.28. The first-order valence-electron chi connectivity index (χ1n) is 4.67. The van der Waals surface area contributed by atoms with E-state index in [-0.39, 0.29) is 5.75 Å². The number of benzene rings is 1. The van der Waals surface area contributed by atoms with Crippen LogP contribution in [0.25, 0.3) is 0 Å². The number of halogens is 2. The van der Waals surface area contributed by atoms with Crippen LogP contribution in [0.4, 0.5) is 0 Å². The van der Waals surface area contributed by atoms with Gasteiger partial charge in [-0.25, -0.2) is 8.42 Å². The zero-order valence-electron chi connectivity index (χ0n) is 8.60. The third-order valence-electron chi connectivity index (χ3n) is 2.21. The number of sulfone groups is 1. The molecule has 0 saturated heterocycles. The third-order valence-corrected chi connectivity index (χ3v) is 6.42. The van der Waals surface area contributed by atoms with Gasteiger partial charge >= 0.3 is 0 Å². The second kappa shape index (κ2) is 5.49. The highest BCUT2D eigenvalue weighted by Crippen LogP contribution is 2.27. The number of aliphatic hydroxyl groups is 1. The first-order valence-corrected chi connectivity index (χ1v) is 7.68. The van der Waals surface area contributed by atoms with Crippen molar-refractivity contribution in [3.05, 3.63) is 34.9 Å². The van der Waals surface area contributed by atoms with E-state index in [4.69, 9.17) is 11.6 Å². The Balaban J connectivity index is 2.94. The summed E-state index contributed by atoms with van der Waals surface area (Å²) >= 11 is 8.71. The number of hydrogen-bond acceptors (Lipinski definition) is 3. The van der Waals surface area contributed by atoms with Crippen LogP contribution in [0.1, 0.15) is 18.6 Å². The van der Waals surface area contributed by atoms with Crippen LogP contribution in [0.15, 0.2) is 24.3 Å². The van der Waals surface area contributed by atoms with Gasteiger partial charge in [0.1, 0.15) is 10.3 Å². The molecule has 0 aliphatic heterocycles. The minimum absolute atomic E-state index is 0.0203. The monoisotopic (exact) mass is 326 g/mol. The van der Waals surface area contributed by atoms with Crippen molar-refractivity contribution in [3.63, 3.8) is 0 Å². The van der Waals surface area contributed by atoms with Gasteiger partial charge in [-0.2, -0.15) is 0 Å². The van der Waals surface area contributed by atoms with Gasteiger partial charge in [-0.15, -0.1) is 0 Å². The van der Waals surface area contributed by atoms with Crippen LogP contribution in [-0.2, 0) is 9.84 Å². The summed E-state index contributed by atoms with van der Waals surface area (Å²) in [7, 11) is -3.32. The maximum absolute atomic E-state index is 11.5. The van der Waals surface area contributed by atoms with E-state index in [1.807, 2.05) is 0 Å². The first kappa shape index (κ1) is 14.0. The van der Waals surface area contributed by atoms with Crippen molar-refractivity contribution in [3.8, 4) is 0 Å². The van der Waals surface area contributed by atoms with Gasteiger partial charge in [0.2, 0.25) is 0 Å². The lowest BCUT2D eigenvalue weighted by Crippen LogP contribution is -2.24. The van der Waals surface area contributed by atoms with Gasteiger partial charge in [0, 0.05) is 10.8 Å². The van der Waals surface area contributed by atoms with Crippen LogP contribution >= 0.6 is 27.5 Å². The second-order valence-corrected chi connectivity index (χ2v) is 7.74. The van der Waals surface area contributed by atoms with E-state index < -0.39 is 20.1 Å². The maximum Gasteiger partial charge on any atom is 0.165 e. The van der Waals surface area contributed by atoms with E-state index in [1.165, 1.54) is 6.92 Å².